The Morgan fingerprint density at radius 2 is 1.92 bits per heavy atom. The summed E-state index contributed by atoms with van der Waals surface area (Å²) in [5.41, 5.74) is 0.466. The molecular weight excluding hydrogens is 334 g/mol. The third kappa shape index (κ3) is 3.48. The van der Waals surface area contributed by atoms with Crippen molar-refractivity contribution in [3.8, 4) is 0 Å². The Balaban J connectivity index is 1.78. The van der Waals surface area contributed by atoms with E-state index in [1.54, 1.807) is 5.06 Å². The number of esters is 2. The molecule has 0 aromatic heterocycles. The molecule has 2 aliphatic heterocycles. The second kappa shape index (κ2) is 7.00. The standard InChI is InChI=1S/C20H27NO5/c1-12(14-9-7-6-8-10-14)21-17-16(13(2)25-18(17)22)15(26-21)11-24-19(23)20(3,4)5/h6-10,12-13,15-17H,11H2,1-5H3/t12-,13-,15+,16-,17+/m0/s1. The third-order valence-electron chi connectivity index (χ3n) is 5.07. The minimum Gasteiger partial charge on any atom is -0.462 e. The van der Waals surface area contributed by atoms with Gasteiger partial charge in [-0.2, -0.15) is 5.06 Å². The molecule has 1 aromatic rings. The molecule has 6 nitrogen and oxygen atoms in total. The summed E-state index contributed by atoms with van der Waals surface area (Å²) in [6.07, 6.45) is -0.683. The van der Waals surface area contributed by atoms with Crippen molar-refractivity contribution in [1.82, 2.24) is 5.06 Å². The summed E-state index contributed by atoms with van der Waals surface area (Å²) < 4.78 is 10.9. The molecule has 0 amide bonds. The highest BCUT2D eigenvalue weighted by molar-refractivity contribution is 5.79. The lowest BCUT2D eigenvalue weighted by Crippen LogP contribution is -2.37. The Morgan fingerprint density at radius 3 is 2.54 bits per heavy atom. The number of ether oxygens (including phenoxy) is 2. The van der Waals surface area contributed by atoms with Crippen LogP contribution in [0.1, 0.15) is 46.2 Å². The van der Waals surface area contributed by atoms with Gasteiger partial charge in [0.2, 0.25) is 0 Å². The molecule has 2 aliphatic rings. The Kier molecular flexibility index (Phi) is 5.08. The second-order valence-corrected chi connectivity index (χ2v) is 8.10. The molecule has 0 aliphatic carbocycles. The monoisotopic (exact) mass is 361 g/mol. The van der Waals surface area contributed by atoms with Gasteiger partial charge in [0, 0.05) is 0 Å². The van der Waals surface area contributed by atoms with Crippen molar-refractivity contribution in [3.05, 3.63) is 35.9 Å². The maximum Gasteiger partial charge on any atom is 0.326 e. The zero-order chi connectivity index (χ0) is 19.1. The normalized spacial score (nSPS) is 30.0. The SMILES string of the molecule is C[C@@H]1OC(=O)[C@H]2[C@@H]1[C@@H](COC(=O)C(C)(C)C)ON2[C@@H](C)c1ccccc1. The van der Waals surface area contributed by atoms with Gasteiger partial charge in [-0.1, -0.05) is 30.3 Å². The lowest BCUT2D eigenvalue weighted by atomic mass is 9.92. The Labute approximate surface area is 154 Å². The number of fused-ring (bicyclic) bond motifs is 1. The van der Waals surface area contributed by atoms with Crippen molar-refractivity contribution in [1.29, 1.82) is 0 Å². The van der Waals surface area contributed by atoms with Gasteiger partial charge in [0.25, 0.3) is 0 Å². The van der Waals surface area contributed by atoms with Crippen LogP contribution in [-0.2, 0) is 23.9 Å². The Hall–Kier alpha value is -1.92. The van der Waals surface area contributed by atoms with Gasteiger partial charge in [-0.15, -0.1) is 0 Å². The van der Waals surface area contributed by atoms with E-state index in [0.717, 1.165) is 5.56 Å². The highest BCUT2D eigenvalue weighted by Gasteiger charge is 2.57. The van der Waals surface area contributed by atoms with Crippen LogP contribution in [0.2, 0.25) is 0 Å². The summed E-state index contributed by atoms with van der Waals surface area (Å²) in [6.45, 7) is 9.39. The largest absolute Gasteiger partial charge is 0.462 e. The minimum absolute atomic E-state index is 0.107. The molecule has 0 radical (unpaired) electrons. The summed E-state index contributed by atoms with van der Waals surface area (Å²) in [4.78, 5) is 30.6. The van der Waals surface area contributed by atoms with E-state index < -0.39 is 17.6 Å². The molecule has 1 aromatic carbocycles. The molecule has 0 unspecified atom stereocenters. The van der Waals surface area contributed by atoms with Gasteiger partial charge in [0.1, 0.15) is 24.9 Å². The van der Waals surface area contributed by atoms with Crippen LogP contribution in [0.5, 0.6) is 0 Å². The molecule has 0 spiro atoms. The first-order chi connectivity index (χ1) is 12.2. The number of carbonyl (C=O) groups is 2. The number of hydroxylamine groups is 2. The van der Waals surface area contributed by atoms with E-state index in [-0.39, 0.29) is 36.6 Å². The van der Waals surface area contributed by atoms with Crippen molar-refractivity contribution >= 4 is 11.9 Å². The van der Waals surface area contributed by atoms with Crippen LogP contribution < -0.4 is 0 Å². The number of nitrogens with zero attached hydrogens (tertiary/aromatic N) is 1. The van der Waals surface area contributed by atoms with E-state index in [1.165, 1.54) is 0 Å². The maximum absolute atomic E-state index is 12.4. The molecule has 0 bridgehead atoms. The number of cyclic esters (lactones) is 1. The van der Waals surface area contributed by atoms with Crippen molar-refractivity contribution in [2.75, 3.05) is 6.61 Å². The summed E-state index contributed by atoms with van der Waals surface area (Å²) in [5.74, 6) is -0.735. The first-order valence-corrected chi connectivity index (χ1v) is 9.08. The summed E-state index contributed by atoms with van der Waals surface area (Å²) in [7, 11) is 0. The van der Waals surface area contributed by atoms with Gasteiger partial charge in [-0.3, -0.25) is 14.4 Å². The van der Waals surface area contributed by atoms with Crippen LogP contribution in [0.25, 0.3) is 0 Å². The maximum atomic E-state index is 12.4. The fourth-order valence-electron chi connectivity index (χ4n) is 3.54. The first-order valence-electron chi connectivity index (χ1n) is 9.08. The van der Waals surface area contributed by atoms with Crippen molar-refractivity contribution in [3.63, 3.8) is 0 Å². The topological polar surface area (TPSA) is 65.1 Å². The zero-order valence-electron chi connectivity index (χ0n) is 16.0. The molecule has 0 N–H and O–H groups in total. The molecule has 26 heavy (non-hydrogen) atoms. The van der Waals surface area contributed by atoms with Crippen LogP contribution in [0.15, 0.2) is 30.3 Å². The van der Waals surface area contributed by atoms with Crippen LogP contribution in [0.4, 0.5) is 0 Å². The predicted octanol–water partition coefficient (Wildman–Crippen LogP) is 2.88. The summed E-state index contributed by atoms with van der Waals surface area (Å²) in [5, 5.41) is 1.71. The Bertz CT molecular complexity index is 669. The quantitative estimate of drug-likeness (QED) is 0.769. The highest BCUT2D eigenvalue weighted by Crippen LogP contribution is 2.42. The highest BCUT2D eigenvalue weighted by atomic mass is 16.7. The lowest BCUT2D eigenvalue weighted by molar-refractivity contribution is -0.212. The van der Waals surface area contributed by atoms with Gasteiger partial charge in [-0.05, 0) is 40.2 Å². The van der Waals surface area contributed by atoms with Crippen LogP contribution in [0.3, 0.4) is 0 Å². The number of carbonyl (C=O) groups excluding carboxylic acids is 2. The van der Waals surface area contributed by atoms with Gasteiger partial charge >= 0.3 is 11.9 Å². The van der Waals surface area contributed by atoms with E-state index in [2.05, 4.69) is 0 Å². The number of hydrogen-bond acceptors (Lipinski definition) is 6. The summed E-state index contributed by atoms with van der Waals surface area (Å²) >= 11 is 0. The van der Waals surface area contributed by atoms with E-state index in [0.29, 0.717) is 0 Å². The van der Waals surface area contributed by atoms with Crippen molar-refractivity contribution < 1.29 is 23.9 Å². The third-order valence-corrected chi connectivity index (χ3v) is 5.07. The molecular formula is C20H27NO5. The smallest absolute Gasteiger partial charge is 0.326 e. The van der Waals surface area contributed by atoms with Crippen LogP contribution in [0, 0.1) is 11.3 Å². The van der Waals surface area contributed by atoms with E-state index >= 15 is 0 Å². The lowest BCUT2D eigenvalue weighted by Gasteiger charge is -2.27. The molecule has 6 heteroatoms. The van der Waals surface area contributed by atoms with Crippen molar-refractivity contribution in [2.24, 2.45) is 11.3 Å². The minimum atomic E-state index is -0.581. The van der Waals surface area contributed by atoms with Crippen molar-refractivity contribution in [2.45, 2.75) is 58.9 Å². The fraction of sp³-hybridized carbons (Fsp3) is 0.600. The first kappa shape index (κ1) is 18.9. The average molecular weight is 361 g/mol. The van der Waals surface area contributed by atoms with Crippen LogP contribution >= 0.6 is 0 Å². The van der Waals surface area contributed by atoms with Crippen LogP contribution in [-0.4, -0.2) is 41.9 Å². The zero-order valence-corrected chi connectivity index (χ0v) is 16.0. The number of hydrogen-bond donors (Lipinski definition) is 0. The predicted molar refractivity (Wildman–Crippen MR) is 94.8 cm³/mol. The van der Waals surface area contributed by atoms with E-state index in [1.807, 2.05) is 65.0 Å². The molecule has 142 valence electrons. The fourth-order valence-corrected chi connectivity index (χ4v) is 3.54. The molecule has 2 fully saturated rings. The molecule has 0 saturated carbocycles. The molecule has 5 atom stereocenters. The molecule has 3 rings (SSSR count). The Morgan fingerprint density at radius 1 is 1.27 bits per heavy atom. The number of rotatable bonds is 4. The molecule has 2 saturated heterocycles. The van der Waals surface area contributed by atoms with E-state index in [4.69, 9.17) is 14.3 Å². The summed E-state index contributed by atoms with van der Waals surface area (Å²) in [6, 6.07) is 9.25. The van der Waals surface area contributed by atoms with Gasteiger partial charge in [-0.25, -0.2) is 0 Å². The van der Waals surface area contributed by atoms with Gasteiger partial charge < -0.3 is 9.47 Å². The van der Waals surface area contributed by atoms with E-state index in [9.17, 15) is 9.59 Å². The second-order valence-electron chi connectivity index (χ2n) is 8.10. The molecule has 2 heterocycles. The number of benzene rings is 1. The van der Waals surface area contributed by atoms with Gasteiger partial charge in [0.15, 0.2) is 0 Å². The van der Waals surface area contributed by atoms with Gasteiger partial charge in [0.05, 0.1) is 17.4 Å². The average Bonchev–Trinajstić information content (AvgIpc) is 3.11.